The molecule has 0 radical (unpaired) electrons. The van der Waals surface area contributed by atoms with Gasteiger partial charge in [-0.2, -0.15) is 18.5 Å². The van der Waals surface area contributed by atoms with Crippen molar-refractivity contribution in [3.63, 3.8) is 0 Å². The van der Waals surface area contributed by atoms with E-state index in [0.717, 1.165) is 17.2 Å². The third kappa shape index (κ3) is 7.65. The van der Waals surface area contributed by atoms with Gasteiger partial charge in [0.25, 0.3) is 26.0 Å². The van der Waals surface area contributed by atoms with Crippen LogP contribution >= 0.6 is 0 Å². The Kier molecular flexibility index (Phi) is 9.77. The maximum Gasteiger partial charge on any atom is 0.295 e. The Balaban J connectivity index is 1.24. The fraction of sp³-hybridized carbons (Fsp3) is 0.0526. The molecule has 282 valence electrons. The van der Waals surface area contributed by atoms with Crippen LogP contribution in [0.3, 0.4) is 0 Å². The zero-order valence-electron chi connectivity index (χ0n) is 29.4. The third-order valence-corrected chi connectivity index (χ3v) is 10.7. The highest BCUT2D eigenvalue weighted by molar-refractivity contribution is 7.92. The molecule has 0 saturated carbocycles. The Labute approximate surface area is 319 Å². The van der Waals surface area contributed by atoms with Gasteiger partial charge < -0.3 is 20.5 Å². The van der Waals surface area contributed by atoms with Crippen molar-refractivity contribution in [2.24, 2.45) is 20.5 Å². The first-order chi connectivity index (χ1) is 26.7. The molecule has 6 N–H and O–H groups in total. The number of rotatable bonds is 10. The average Bonchev–Trinajstić information content (AvgIpc) is 3.66. The van der Waals surface area contributed by atoms with Crippen molar-refractivity contribution < 1.29 is 36.1 Å². The summed E-state index contributed by atoms with van der Waals surface area (Å²) < 4.78 is 69.1. The summed E-state index contributed by atoms with van der Waals surface area (Å²) in [6.45, 7) is 3.49. The van der Waals surface area contributed by atoms with Crippen molar-refractivity contribution in [3.05, 3.63) is 120 Å². The molecule has 0 aliphatic heterocycles. The number of hydrogen-bond acceptors (Lipinski definition) is 14. The highest BCUT2D eigenvalue weighted by Gasteiger charge is 2.24. The van der Waals surface area contributed by atoms with Gasteiger partial charge in [0.05, 0.1) is 32.9 Å². The number of aromatic hydroxyl groups is 2. The molecule has 7 aromatic rings. The third-order valence-electron chi connectivity index (χ3n) is 8.46. The SMILES string of the molecule is Cc1ccc(N=Nc2c(C)cc3c(S(=O)(=O)O)cc(N=Nc4ccc(S(=O)(=O)Nc5ccc(O)cc5)cc4)c(O)c3c2N)c(-c2nc(-c3ccccc3)no2)c1. The molecule has 0 saturated heterocycles. The number of azo groups is 2. The lowest BCUT2D eigenvalue weighted by atomic mass is 10.0. The highest BCUT2D eigenvalue weighted by atomic mass is 32.2. The van der Waals surface area contributed by atoms with E-state index < -0.39 is 30.8 Å². The molecule has 0 unspecified atom stereocenters. The Bertz CT molecular complexity index is 2920. The average molecular weight is 791 g/mol. The number of hydrogen-bond donors (Lipinski definition) is 5. The second-order valence-electron chi connectivity index (χ2n) is 12.5. The summed E-state index contributed by atoms with van der Waals surface area (Å²) in [6, 6.07) is 27.6. The monoisotopic (exact) mass is 790 g/mol. The summed E-state index contributed by atoms with van der Waals surface area (Å²) in [6.07, 6.45) is 0. The van der Waals surface area contributed by atoms with Crippen LogP contribution in [0.5, 0.6) is 11.5 Å². The summed E-state index contributed by atoms with van der Waals surface area (Å²) in [5.41, 5.74) is 9.30. The lowest BCUT2D eigenvalue weighted by Gasteiger charge is -2.14. The smallest absolute Gasteiger partial charge is 0.295 e. The minimum absolute atomic E-state index is 0.0278. The molecule has 0 bridgehead atoms. The first kappa shape index (κ1) is 37.3. The number of anilines is 2. The topological polar surface area (TPSA) is 255 Å². The molecule has 1 heterocycles. The van der Waals surface area contributed by atoms with Gasteiger partial charge in [-0.15, -0.1) is 15.3 Å². The highest BCUT2D eigenvalue weighted by Crippen LogP contribution is 2.47. The molecule has 0 spiro atoms. The molecule has 7 rings (SSSR count). The summed E-state index contributed by atoms with van der Waals surface area (Å²) in [5, 5.41) is 41.5. The zero-order valence-corrected chi connectivity index (χ0v) is 31.0. The maximum atomic E-state index is 12.9. The van der Waals surface area contributed by atoms with Gasteiger partial charge in [-0.05, 0) is 92.2 Å². The number of aryl methyl sites for hydroxylation is 2. The Hall–Kier alpha value is -7.02. The first-order valence-corrected chi connectivity index (χ1v) is 19.4. The lowest BCUT2D eigenvalue weighted by molar-refractivity contribution is 0.432. The molecule has 18 heteroatoms. The van der Waals surface area contributed by atoms with E-state index in [4.69, 9.17) is 10.3 Å². The molecule has 0 fully saturated rings. The van der Waals surface area contributed by atoms with Crippen LogP contribution in [0.25, 0.3) is 33.6 Å². The van der Waals surface area contributed by atoms with Gasteiger partial charge in [-0.3, -0.25) is 9.27 Å². The van der Waals surface area contributed by atoms with Crippen molar-refractivity contribution in [1.82, 2.24) is 10.1 Å². The number of fused-ring (bicyclic) bond motifs is 1. The number of benzene rings is 6. The van der Waals surface area contributed by atoms with Gasteiger partial charge in [0.15, 0.2) is 5.75 Å². The second-order valence-corrected chi connectivity index (χ2v) is 15.5. The molecule has 6 aromatic carbocycles. The molecule has 0 atom stereocenters. The first-order valence-electron chi connectivity index (χ1n) is 16.5. The minimum atomic E-state index is -4.90. The molecule has 1 aromatic heterocycles. The van der Waals surface area contributed by atoms with Crippen LogP contribution in [0.1, 0.15) is 11.1 Å². The fourth-order valence-electron chi connectivity index (χ4n) is 5.70. The van der Waals surface area contributed by atoms with Gasteiger partial charge in [-0.1, -0.05) is 47.1 Å². The molecule has 16 nitrogen and oxygen atoms in total. The number of nitrogens with zero attached hydrogens (tertiary/aromatic N) is 6. The Morgan fingerprint density at radius 1 is 0.768 bits per heavy atom. The van der Waals surface area contributed by atoms with E-state index in [1.165, 1.54) is 54.6 Å². The molecular formula is C38H30N8O8S2. The van der Waals surface area contributed by atoms with E-state index in [2.05, 4.69) is 35.3 Å². The fourth-order valence-corrected chi connectivity index (χ4v) is 7.46. The van der Waals surface area contributed by atoms with Crippen molar-refractivity contribution in [2.45, 2.75) is 23.6 Å². The minimum Gasteiger partial charge on any atom is -0.508 e. The van der Waals surface area contributed by atoms with Crippen LogP contribution in [-0.2, 0) is 20.1 Å². The molecule has 0 amide bonds. The van der Waals surface area contributed by atoms with Crippen LogP contribution in [0.15, 0.2) is 144 Å². The lowest BCUT2D eigenvalue weighted by Crippen LogP contribution is -2.12. The van der Waals surface area contributed by atoms with Crippen molar-refractivity contribution in [3.8, 4) is 34.3 Å². The van der Waals surface area contributed by atoms with E-state index in [1.54, 1.807) is 19.1 Å². The second kappa shape index (κ2) is 14.7. The summed E-state index contributed by atoms with van der Waals surface area (Å²) in [5.74, 6) is -0.0307. The molecule has 0 aliphatic carbocycles. The summed E-state index contributed by atoms with van der Waals surface area (Å²) in [4.78, 5) is 3.82. The maximum absolute atomic E-state index is 12.9. The Morgan fingerprint density at radius 3 is 2.16 bits per heavy atom. The standard InChI is InChI=1S/C38H30N8O8S2/c1-21-8-17-30(28(18-21)38-40-37(45-54-38)23-6-4-3-5-7-23)42-44-35-22(2)19-29-32(56(51,52)53)20-31(36(48)33(29)34(35)39)43-41-24-11-15-27(16-12-24)55(49,50)46-25-9-13-26(47)14-10-25/h3-20,46-48H,39H2,1-2H3,(H,51,52,53). The van der Waals surface area contributed by atoms with E-state index in [-0.39, 0.29) is 55.7 Å². The number of aromatic nitrogens is 2. The molecule has 0 aliphatic rings. The van der Waals surface area contributed by atoms with E-state index in [0.29, 0.717) is 22.6 Å². The normalized spacial score (nSPS) is 12.2. The number of phenols is 2. The van der Waals surface area contributed by atoms with Crippen molar-refractivity contribution >= 4 is 65.0 Å². The molecular weight excluding hydrogens is 761 g/mol. The summed E-state index contributed by atoms with van der Waals surface area (Å²) in [7, 11) is -8.90. The van der Waals surface area contributed by atoms with Crippen LogP contribution in [0, 0.1) is 13.8 Å². The van der Waals surface area contributed by atoms with Crippen molar-refractivity contribution in [1.29, 1.82) is 0 Å². The number of nitrogens with one attached hydrogen (secondary N) is 1. The van der Waals surface area contributed by atoms with Crippen molar-refractivity contribution in [2.75, 3.05) is 10.5 Å². The molecule has 56 heavy (non-hydrogen) atoms. The van der Waals surface area contributed by atoms with Gasteiger partial charge in [-0.25, -0.2) is 8.42 Å². The van der Waals surface area contributed by atoms with Gasteiger partial charge in [0.1, 0.15) is 22.0 Å². The van der Waals surface area contributed by atoms with Crippen LogP contribution < -0.4 is 10.5 Å². The van der Waals surface area contributed by atoms with Gasteiger partial charge in [0.2, 0.25) is 5.82 Å². The van der Waals surface area contributed by atoms with Crippen LogP contribution in [0.4, 0.5) is 34.1 Å². The Morgan fingerprint density at radius 2 is 1.46 bits per heavy atom. The van der Waals surface area contributed by atoms with E-state index >= 15 is 0 Å². The van der Waals surface area contributed by atoms with Gasteiger partial charge in [0, 0.05) is 16.6 Å². The van der Waals surface area contributed by atoms with E-state index in [1.807, 2.05) is 43.3 Å². The predicted molar refractivity (Wildman–Crippen MR) is 208 cm³/mol. The number of sulfonamides is 1. The number of nitrogen functional groups attached to an aromatic ring is 1. The quantitative estimate of drug-likeness (QED) is 0.0378. The predicted octanol–water partition coefficient (Wildman–Crippen LogP) is 9.05. The number of phenolic OH excluding ortho intramolecular Hbond substituents is 2. The van der Waals surface area contributed by atoms with Crippen LogP contribution in [-0.4, -0.2) is 41.7 Å². The van der Waals surface area contributed by atoms with Gasteiger partial charge >= 0.3 is 0 Å². The van der Waals surface area contributed by atoms with Crippen LogP contribution in [0.2, 0.25) is 0 Å². The van der Waals surface area contributed by atoms with E-state index in [9.17, 15) is 31.6 Å². The number of nitrogens with two attached hydrogens (primary N) is 1. The largest absolute Gasteiger partial charge is 0.508 e. The zero-order chi connectivity index (χ0) is 39.8. The summed E-state index contributed by atoms with van der Waals surface area (Å²) >= 11 is 0.